The zero-order valence-corrected chi connectivity index (χ0v) is 16.6. The highest BCUT2D eigenvalue weighted by Gasteiger charge is 2.13. The van der Waals surface area contributed by atoms with Crippen LogP contribution in [0.15, 0.2) is 61.2 Å². The summed E-state index contributed by atoms with van der Waals surface area (Å²) in [5.41, 5.74) is 6.34. The maximum absolute atomic E-state index is 12.0. The number of rotatable bonds is 4. The first-order valence-corrected chi connectivity index (χ1v) is 9.76. The highest BCUT2D eigenvalue weighted by Crippen LogP contribution is 2.32. The number of aromatic amines is 2. The van der Waals surface area contributed by atoms with Crippen LogP contribution >= 0.6 is 0 Å². The molecule has 0 bridgehead atoms. The van der Waals surface area contributed by atoms with Gasteiger partial charge in [0.25, 0.3) is 0 Å². The first kappa shape index (κ1) is 18.1. The van der Waals surface area contributed by atoms with E-state index in [1.54, 1.807) is 18.6 Å². The highest BCUT2D eigenvalue weighted by molar-refractivity contribution is 5.98. The highest BCUT2D eigenvalue weighted by atomic mass is 16.1. The lowest BCUT2D eigenvalue weighted by molar-refractivity contribution is -0.118. The Balaban J connectivity index is 1.55. The molecule has 0 fully saturated rings. The van der Waals surface area contributed by atoms with Gasteiger partial charge in [-0.25, -0.2) is 0 Å². The number of anilines is 1. The van der Waals surface area contributed by atoms with E-state index in [9.17, 15) is 4.79 Å². The van der Waals surface area contributed by atoms with E-state index in [1.165, 1.54) is 0 Å². The first-order chi connectivity index (χ1) is 14.6. The molecular formula is C23H20N6O. The van der Waals surface area contributed by atoms with Crippen LogP contribution in [0, 0.1) is 5.92 Å². The number of nitrogens with one attached hydrogen (secondary N) is 3. The van der Waals surface area contributed by atoms with E-state index in [1.807, 2.05) is 50.4 Å². The summed E-state index contributed by atoms with van der Waals surface area (Å²) in [6, 6.07) is 12.0. The third kappa shape index (κ3) is 3.20. The molecule has 4 heterocycles. The molecule has 5 aromatic rings. The largest absolute Gasteiger partial charge is 0.353 e. The van der Waals surface area contributed by atoms with Crippen molar-refractivity contribution < 1.29 is 4.79 Å². The number of aromatic nitrogens is 5. The monoisotopic (exact) mass is 396 g/mol. The van der Waals surface area contributed by atoms with Gasteiger partial charge < -0.3 is 10.3 Å². The van der Waals surface area contributed by atoms with Gasteiger partial charge in [-0.15, -0.1) is 0 Å². The molecule has 30 heavy (non-hydrogen) atoms. The summed E-state index contributed by atoms with van der Waals surface area (Å²) in [5, 5.41) is 12.6. The van der Waals surface area contributed by atoms with Crippen LogP contribution in [0.1, 0.15) is 13.8 Å². The van der Waals surface area contributed by atoms with Crippen molar-refractivity contribution in [2.75, 3.05) is 5.32 Å². The van der Waals surface area contributed by atoms with Crippen LogP contribution in [-0.2, 0) is 4.79 Å². The molecule has 0 spiro atoms. The van der Waals surface area contributed by atoms with Gasteiger partial charge in [0.15, 0.2) is 0 Å². The second-order valence-electron chi connectivity index (χ2n) is 7.58. The lowest BCUT2D eigenvalue weighted by Gasteiger charge is -2.09. The van der Waals surface area contributed by atoms with Gasteiger partial charge >= 0.3 is 0 Å². The van der Waals surface area contributed by atoms with E-state index in [0.29, 0.717) is 5.69 Å². The molecule has 7 nitrogen and oxygen atoms in total. The van der Waals surface area contributed by atoms with Gasteiger partial charge in [0, 0.05) is 46.4 Å². The third-order valence-electron chi connectivity index (χ3n) is 5.10. The molecule has 1 aromatic carbocycles. The number of carbonyl (C=O) groups is 1. The predicted octanol–water partition coefficient (Wildman–Crippen LogP) is 4.76. The van der Waals surface area contributed by atoms with Crippen molar-refractivity contribution in [2.24, 2.45) is 5.92 Å². The fraction of sp³-hybridized carbons (Fsp3) is 0.130. The Bertz CT molecular complexity index is 1350. The van der Waals surface area contributed by atoms with Crippen molar-refractivity contribution in [3.63, 3.8) is 0 Å². The van der Waals surface area contributed by atoms with Crippen LogP contribution in [0.2, 0.25) is 0 Å². The molecule has 0 unspecified atom stereocenters. The van der Waals surface area contributed by atoms with Gasteiger partial charge in [-0.2, -0.15) is 5.10 Å². The van der Waals surface area contributed by atoms with Crippen LogP contribution in [0.5, 0.6) is 0 Å². The zero-order chi connectivity index (χ0) is 20.7. The number of hydrogen-bond donors (Lipinski definition) is 3. The van der Waals surface area contributed by atoms with Crippen LogP contribution < -0.4 is 5.32 Å². The minimum absolute atomic E-state index is 0.0326. The zero-order valence-electron chi connectivity index (χ0n) is 16.6. The van der Waals surface area contributed by atoms with Gasteiger partial charge in [-0.3, -0.25) is 19.9 Å². The van der Waals surface area contributed by atoms with Crippen molar-refractivity contribution in [3.05, 3.63) is 61.2 Å². The lowest BCUT2D eigenvalue weighted by Crippen LogP contribution is -2.17. The van der Waals surface area contributed by atoms with E-state index >= 15 is 0 Å². The molecule has 148 valence electrons. The Kier molecular flexibility index (Phi) is 4.28. The predicted molar refractivity (Wildman–Crippen MR) is 118 cm³/mol. The molecule has 0 radical (unpaired) electrons. The summed E-state index contributed by atoms with van der Waals surface area (Å²) in [4.78, 5) is 23.9. The molecule has 0 aliphatic rings. The van der Waals surface area contributed by atoms with Gasteiger partial charge in [-0.1, -0.05) is 19.9 Å². The summed E-state index contributed by atoms with van der Waals surface area (Å²) in [6.45, 7) is 3.72. The molecule has 3 N–H and O–H groups in total. The van der Waals surface area contributed by atoms with Gasteiger partial charge in [-0.05, 0) is 35.9 Å². The number of fused-ring (bicyclic) bond motifs is 2. The van der Waals surface area contributed by atoms with E-state index in [0.717, 1.165) is 44.3 Å². The number of carbonyl (C=O) groups excluding carboxylic acids is 1. The van der Waals surface area contributed by atoms with Gasteiger partial charge in [0.05, 0.1) is 23.1 Å². The molecule has 0 atom stereocenters. The number of nitrogens with zero attached hydrogens (tertiary/aromatic N) is 3. The molecular weight excluding hydrogens is 376 g/mol. The molecule has 0 saturated heterocycles. The van der Waals surface area contributed by atoms with E-state index in [2.05, 4.69) is 36.5 Å². The van der Waals surface area contributed by atoms with E-state index in [4.69, 9.17) is 0 Å². The summed E-state index contributed by atoms with van der Waals surface area (Å²) in [6.07, 6.45) is 7.05. The Morgan fingerprint density at radius 2 is 1.87 bits per heavy atom. The number of pyridine rings is 2. The van der Waals surface area contributed by atoms with Crippen molar-refractivity contribution >= 4 is 33.4 Å². The standard InChI is InChI=1S/C23H20N6O/c1-13(2)23(30)26-17-7-15(10-25-12-17)14-3-4-20-18(8-14)22(29-28-20)21-9-16-11-24-6-5-19(16)27-21/h3-13,27H,1-2H3,(H,26,30)(H,28,29). The second-order valence-corrected chi connectivity index (χ2v) is 7.58. The molecule has 5 rings (SSSR count). The normalized spacial score (nSPS) is 11.4. The fourth-order valence-electron chi connectivity index (χ4n) is 3.45. The van der Waals surface area contributed by atoms with E-state index in [-0.39, 0.29) is 11.8 Å². The van der Waals surface area contributed by atoms with E-state index < -0.39 is 0 Å². The summed E-state index contributed by atoms with van der Waals surface area (Å²) in [5.74, 6) is -0.125. The molecule has 4 aromatic heterocycles. The second kappa shape index (κ2) is 7.11. The Morgan fingerprint density at radius 3 is 2.70 bits per heavy atom. The van der Waals surface area contributed by atoms with Crippen LogP contribution in [0.3, 0.4) is 0 Å². The number of hydrogen-bond acceptors (Lipinski definition) is 4. The third-order valence-corrected chi connectivity index (χ3v) is 5.10. The Labute approximate surface area is 172 Å². The smallest absolute Gasteiger partial charge is 0.226 e. The molecule has 0 aliphatic heterocycles. The van der Waals surface area contributed by atoms with Crippen molar-refractivity contribution in [3.8, 4) is 22.5 Å². The van der Waals surface area contributed by atoms with Crippen molar-refractivity contribution in [1.82, 2.24) is 25.1 Å². The average molecular weight is 396 g/mol. The van der Waals surface area contributed by atoms with Crippen LogP contribution in [-0.4, -0.2) is 31.1 Å². The minimum atomic E-state index is -0.0926. The maximum Gasteiger partial charge on any atom is 0.226 e. The number of benzene rings is 1. The molecule has 7 heteroatoms. The van der Waals surface area contributed by atoms with Gasteiger partial charge in [0.1, 0.15) is 5.69 Å². The topological polar surface area (TPSA) is 99.3 Å². The molecule has 0 saturated carbocycles. The maximum atomic E-state index is 12.0. The number of amides is 1. The lowest BCUT2D eigenvalue weighted by atomic mass is 10.0. The Morgan fingerprint density at radius 1 is 0.967 bits per heavy atom. The summed E-state index contributed by atoms with van der Waals surface area (Å²) >= 11 is 0. The quantitative estimate of drug-likeness (QED) is 0.408. The number of H-pyrrole nitrogens is 2. The fourth-order valence-corrected chi connectivity index (χ4v) is 3.45. The van der Waals surface area contributed by atoms with Crippen LogP contribution in [0.4, 0.5) is 5.69 Å². The first-order valence-electron chi connectivity index (χ1n) is 9.76. The van der Waals surface area contributed by atoms with Gasteiger partial charge in [0.2, 0.25) is 5.91 Å². The van der Waals surface area contributed by atoms with Crippen molar-refractivity contribution in [1.29, 1.82) is 0 Å². The molecule has 0 aliphatic carbocycles. The SMILES string of the molecule is CC(C)C(=O)Nc1cncc(-c2ccc3[nH]nc(-c4cc5cnccc5[nH]4)c3c2)c1. The summed E-state index contributed by atoms with van der Waals surface area (Å²) in [7, 11) is 0. The summed E-state index contributed by atoms with van der Waals surface area (Å²) < 4.78 is 0. The minimum Gasteiger partial charge on any atom is -0.353 e. The molecule has 1 amide bonds. The average Bonchev–Trinajstić information content (AvgIpc) is 3.37. The van der Waals surface area contributed by atoms with Crippen molar-refractivity contribution in [2.45, 2.75) is 13.8 Å². The van der Waals surface area contributed by atoms with Crippen LogP contribution in [0.25, 0.3) is 44.3 Å². The Hall–Kier alpha value is -4.00.